The van der Waals surface area contributed by atoms with Crippen LogP contribution in [0.1, 0.15) is 12.8 Å². The number of nitrogens with zero attached hydrogens (tertiary/aromatic N) is 5. The third-order valence-electron chi connectivity index (χ3n) is 2.00. The first kappa shape index (κ1) is 14.4. The highest BCUT2D eigenvalue weighted by Crippen LogP contribution is 2.19. The van der Waals surface area contributed by atoms with Crippen LogP contribution in [0.2, 0.25) is 0 Å². The normalized spacial score (nSPS) is 9.44. The average Bonchev–Trinajstić information content (AvgIpc) is 2.89. The summed E-state index contributed by atoms with van der Waals surface area (Å²) in [5, 5.41) is 24.6. The molecule has 0 N–H and O–H groups in total. The van der Waals surface area contributed by atoms with Gasteiger partial charge >= 0.3 is 0 Å². The van der Waals surface area contributed by atoms with Crippen molar-refractivity contribution >= 4 is 29.0 Å². The van der Waals surface area contributed by atoms with Crippen LogP contribution in [0.4, 0.5) is 0 Å². The monoisotopic (exact) mass is 281 g/mol. The molecule has 6 nitrogen and oxygen atoms in total. The molecule has 94 valence electrons. The zero-order valence-electron chi connectivity index (χ0n) is 9.57. The molecule has 0 unspecified atom stereocenters. The summed E-state index contributed by atoms with van der Waals surface area (Å²) in [6.07, 6.45) is 0.557. The van der Waals surface area contributed by atoms with Crippen LogP contribution < -0.4 is 0 Å². The van der Waals surface area contributed by atoms with Gasteiger partial charge in [-0.1, -0.05) is 23.1 Å². The van der Waals surface area contributed by atoms with Crippen molar-refractivity contribution in [1.29, 1.82) is 10.5 Å². The van der Waals surface area contributed by atoms with Crippen LogP contribution >= 0.6 is 23.1 Å². The minimum Gasteiger partial charge on any atom is -0.340 e. The Labute approximate surface area is 113 Å². The van der Waals surface area contributed by atoms with E-state index in [-0.39, 0.29) is 24.5 Å². The van der Waals surface area contributed by atoms with Crippen molar-refractivity contribution in [2.24, 2.45) is 0 Å². The van der Waals surface area contributed by atoms with Crippen molar-refractivity contribution in [1.82, 2.24) is 15.1 Å². The van der Waals surface area contributed by atoms with E-state index < -0.39 is 0 Å². The van der Waals surface area contributed by atoms with E-state index in [9.17, 15) is 4.79 Å². The Morgan fingerprint density at radius 1 is 1.39 bits per heavy atom. The number of amides is 1. The van der Waals surface area contributed by atoms with Gasteiger partial charge in [-0.3, -0.25) is 4.79 Å². The van der Waals surface area contributed by atoms with E-state index in [1.807, 2.05) is 12.1 Å². The molecule has 0 aromatic carbocycles. The molecule has 0 aliphatic rings. The summed E-state index contributed by atoms with van der Waals surface area (Å²) in [7, 11) is 0. The van der Waals surface area contributed by atoms with Gasteiger partial charge in [0.15, 0.2) is 4.34 Å². The Bertz CT molecular complexity index is 430. The summed E-state index contributed by atoms with van der Waals surface area (Å²) in [5.41, 5.74) is 1.61. The highest BCUT2D eigenvalue weighted by molar-refractivity contribution is 8.01. The van der Waals surface area contributed by atoms with Gasteiger partial charge in [0.2, 0.25) is 5.91 Å². The van der Waals surface area contributed by atoms with Crippen LogP contribution in [0.15, 0.2) is 9.85 Å². The average molecular weight is 281 g/mol. The fourth-order valence-electron chi connectivity index (χ4n) is 1.17. The fraction of sp³-hybridized carbons (Fsp3) is 0.500. The zero-order valence-corrected chi connectivity index (χ0v) is 11.2. The van der Waals surface area contributed by atoms with Gasteiger partial charge in [0, 0.05) is 13.1 Å². The SMILES string of the molecule is N#CCCN(CCC#N)C(=O)CSc1nncs1. The van der Waals surface area contributed by atoms with Gasteiger partial charge in [-0.25, -0.2) is 0 Å². The lowest BCUT2D eigenvalue weighted by Gasteiger charge is -2.19. The highest BCUT2D eigenvalue weighted by Gasteiger charge is 2.13. The molecule has 0 saturated heterocycles. The van der Waals surface area contributed by atoms with Crippen molar-refractivity contribution in [2.75, 3.05) is 18.8 Å². The zero-order chi connectivity index (χ0) is 13.2. The highest BCUT2D eigenvalue weighted by atomic mass is 32.2. The number of nitriles is 2. The molecule has 0 radical (unpaired) electrons. The molecule has 1 heterocycles. The lowest BCUT2D eigenvalue weighted by atomic mass is 10.3. The Balaban J connectivity index is 2.42. The maximum atomic E-state index is 11.9. The van der Waals surface area contributed by atoms with Gasteiger partial charge in [-0.2, -0.15) is 10.5 Å². The van der Waals surface area contributed by atoms with Gasteiger partial charge < -0.3 is 4.90 Å². The van der Waals surface area contributed by atoms with Crippen molar-refractivity contribution in [2.45, 2.75) is 17.2 Å². The molecule has 1 rings (SSSR count). The second kappa shape index (κ2) is 8.45. The standard InChI is InChI=1S/C10H11N5OS2/c11-3-1-5-15(6-2-4-12)9(16)7-17-10-14-13-8-18-10/h8H,1-2,5-7H2. The van der Waals surface area contributed by atoms with E-state index >= 15 is 0 Å². The predicted molar refractivity (Wildman–Crippen MR) is 67.7 cm³/mol. The minimum atomic E-state index is -0.0827. The molecule has 1 amide bonds. The van der Waals surface area contributed by atoms with Gasteiger partial charge in [-0.15, -0.1) is 10.2 Å². The van der Waals surface area contributed by atoms with Crippen LogP contribution in [-0.4, -0.2) is 39.8 Å². The predicted octanol–water partition coefficient (Wildman–Crippen LogP) is 1.29. The van der Waals surface area contributed by atoms with Gasteiger partial charge in [0.25, 0.3) is 0 Å². The maximum absolute atomic E-state index is 11.9. The second-order valence-corrected chi connectivity index (χ2v) is 5.25. The van der Waals surface area contributed by atoms with E-state index in [0.717, 1.165) is 4.34 Å². The quantitative estimate of drug-likeness (QED) is 0.699. The smallest absolute Gasteiger partial charge is 0.233 e. The topological polar surface area (TPSA) is 93.7 Å². The van der Waals surface area contributed by atoms with Crippen LogP contribution in [0, 0.1) is 22.7 Å². The molecule has 0 fully saturated rings. The molecule has 1 aromatic heterocycles. The lowest BCUT2D eigenvalue weighted by Crippen LogP contribution is -2.34. The summed E-state index contributed by atoms with van der Waals surface area (Å²) < 4.78 is 0.740. The number of rotatable bonds is 7. The second-order valence-electron chi connectivity index (χ2n) is 3.19. The van der Waals surface area contributed by atoms with Crippen LogP contribution in [0.5, 0.6) is 0 Å². The number of hydrogen-bond acceptors (Lipinski definition) is 7. The summed E-state index contributed by atoms with van der Waals surface area (Å²) in [4.78, 5) is 13.4. The number of carbonyl (C=O) groups excluding carboxylic acids is 1. The summed E-state index contributed by atoms with van der Waals surface area (Å²) >= 11 is 2.70. The van der Waals surface area contributed by atoms with E-state index in [2.05, 4.69) is 10.2 Å². The number of thioether (sulfide) groups is 1. The Hall–Kier alpha value is -1.64. The number of aromatic nitrogens is 2. The Kier molecular flexibility index (Phi) is 6.77. The minimum absolute atomic E-state index is 0.0827. The Morgan fingerprint density at radius 2 is 2.06 bits per heavy atom. The van der Waals surface area contributed by atoms with E-state index in [1.54, 1.807) is 10.4 Å². The molecule has 1 aromatic rings. The first-order chi connectivity index (χ1) is 8.77. The lowest BCUT2D eigenvalue weighted by molar-refractivity contribution is -0.128. The molecule has 0 aliphatic heterocycles. The first-order valence-electron chi connectivity index (χ1n) is 5.18. The van der Waals surface area contributed by atoms with Gasteiger partial charge in [-0.05, 0) is 0 Å². The van der Waals surface area contributed by atoms with E-state index in [1.165, 1.54) is 23.1 Å². The van der Waals surface area contributed by atoms with Crippen LogP contribution in [-0.2, 0) is 4.79 Å². The van der Waals surface area contributed by atoms with E-state index in [4.69, 9.17) is 10.5 Å². The van der Waals surface area contributed by atoms with E-state index in [0.29, 0.717) is 13.1 Å². The molecule has 8 heteroatoms. The molecule has 18 heavy (non-hydrogen) atoms. The molecule has 0 aliphatic carbocycles. The number of carbonyl (C=O) groups is 1. The van der Waals surface area contributed by atoms with Gasteiger partial charge in [0.05, 0.1) is 30.7 Å². The first-order valence-corrected chi connectivity index (χ1v) is 7.05. The van der Waals surface area contributed by atoms with Crippen molar-refractivity contribution in [3.8, 4) is 12.1 Å². The van der Waals surface area contributed by atoms with Crippen molar-refractivity contribution in [3.05, 3.63) is 5.51 Å². The Morgan fingerprint density at radius 3 is 2.56 bits per heavy atom. The molecule has 0 spiro atoms. The molecule has 0 atom stereocenters. The molecular formula is C10H11N5OS2. The largest absolute Gasteiger partial charge is 0.340 e. The van der Waals surface area contributed by atoms with Gasteiger partial charge in [0.1, 0.15) is 5.51 Å². The molecule has 0 bridgehead atoms. The molecular weight excluding hydrogens is 270 g/mol. The third kappa shape index (κ3) is 5.13. The maximum Gasteiger partial charge on any atom is 0.233 e. The molecule has 0 saturated carbocycles. The summed E-state index contributed by atoms with van der Waals surface area (Å²) in [6, 6.07) is 3.99. The van der Waals surface area contributed by atoms with Crippen molar-refractivity contribution in [3.63, 3.8) is 0 Å². The van der Waals surface area contributed by atoms with Crippen molar-refractivity contribution < 1.29 is 4.79 Å². The van der Waals surface area contributed by atoms with Crippen LogP contribution in [0.25, 0.3) is 0 Å². The van der Waals surface area contributed by atoms with Crippen LogP contribution in [0.3, 0.4) is 0 Å². The summed E-state index contributed by atoms with van der Waals surface area (Å²) in [5.74, 6) is 0.173. The summed E-state index contributed by atoms with van der Waals surface area (Å²) in [6.45, 7) is 0.737. The number of hydrogen-bond donors (Lipinski definition) is 0. The third-order valence-corrected chi connectivity index (χ3v) is 3.84. The fourth-order valence-corrected chi connectivity index (χ4v) is 2.56.